The molecule has 0 aliphatic heterocycles. The Hall–Kier alpha value is -1.13. The highest BCUT2D eigenvalue weighted by Crippen LogP contribution is 1.92. The average Bonchev–Trinajstić information content (AvgIpc) is 1.85. The Bertz CT molecular complexity index is 288. The van der Waals surface area contributed by atoms with Crippen LogP contribution in [0.3, 0.4) is 0 Å². The van der Waals surface area contributed by atoms with Gasteiger partial charge in [0.25, 0.3) is 5.91 Å². The van der Waals surface area contributed by atoms with Gasteiger partial charge in [-0.2, -0.15) is 9.68 Å². The fraction of sp³-hybridized carbons (Fsp3) is 0.500. The molecule has 6 nitrogen and oxygen atoms in total. The minimum absolute atomic E-state index is 0.0518. The van der Waals surface area contributed by atoms with Gasteiger partial charge in [-0.05, 0) is 0 Å². The lowest BCUT2D eigenvalue weighted by molar-refractivity contribution is -0.125. The first-order valence-corrected chi connectivity index (χ1v) is 4.39. The number of nitrogens with zero attached hydrogens (tertiary/aromatic N) is 2. The van der Waals surface area contributed by atoms with Crippen LogP contribution < -0.4 is 5.84 Å². The number of hydrazine groups is 1. The van der Waals surface area contributed by atoms with E-state index >= 15 is 0 Å². The molecule has 0 atom stereocenters. The van der Waals surface area contributed by atoms with Crippen molar-refractivity contribution in [2.45, 2.75) is 6.42 Å². The zero-order chi connectivity index (χ0) is 9.07. The summed E-state index contributed by atoms with van der Waals surface area (Å²) >= 11 is 0. The lowest BCUT2D eigenvalue weighted by Crippen LogP contribution is -2.41. The first-order valence-electron chi connectivity index (χ1n) is 2.54. The van der Waals surface area contributed by atoms with E-state index in [9.17, 15) is 13.2 Å². The number of nitriles is 1. The Labute approximate surface area is 64.2 Å². The van der Waals surface area contributed by atoms with Crippen molar-refractivity contribution < 1.29 is 13.2 Å². The minimum atomic E-state index is -3.71. The third-order valence-electron chi connectivity index (χ3n) is 0.833. The zero-order valence-electron chi connectivity index (χ0n) is 5.81. The molecule has 11 heavy (non-hydrogen) atoms. The van der Waals surface area contributed by atoms with Crippen molar-refractivity contribution in [3.63, 3.8) is 0 Å². The molecule has 0 aliphatic rings. The molecule has 1 amide bonds. The van der Waals surface area contributed by atoms with Crippen molar-refractivity contribution in [2.24, 2.45) is 5.84 Å². The average molecular weight is 177 g/mol. The van der Waals surface area contributed by atoms with Crippen molar-refractivity contribution in [3.8, 4) is 6.07 Å². The maximum Gasteiger partial charge on any atom is 0.264 e. The fourth-order valence-corrected chi connectivity index (χ4v) is 0.765. The van der Waals surface area contributed by atoms with Gasteiger partial charge >= 0.3 is 0 Å². The van der Waals surface area contributed by atoms with Crippen molar-refractivity contribution in [3.05, 3.63) is 0 Å². The largest absolute Gasteiger partial charge is 0.271 e. The molecule has 0 spiro atoms. The van der Waals surface area contributed by atoms with E-state index in [-0.39, 0.29) is 4.41 Å². The Morgan fingerprint density at radius 2 is 2.18 bits per heavy atom. The van der Waals surface area contributed by atoms with Gasteiger partial charge in [-0.3, -0.25) is 4.79 Å². The maximum absolute atomic E-state index is 10.6. The summed E-state index contributed by atoms with van der Waals surface area (Å²) in [7, 11) is -3.71. The molecule has 0 rings (SSSR count). The fourth-order valence-electron chi connectivity index (χ4n) is 0.330. The highest BCUT2D eigenvalue weighted by molar-refractivity contribution is 7.88. The zero-order valence-corrected chi connectivity index (χ0v) is 6.63. The molecule has 0 aromatic rings. The van der Waals surface area contributed by atoms with E-state index in [2.05, 4.69) is 0 Å². The molecule has 0 aromatic carbocycles. The summed E-state index contributed by atoms with van der Waals surface area (Å²) in [5, 5.41) is 8.00. The number of carbonyl (C=O) groups excluding carboxylic acids is 1. The smallest absolute Gasteiger partial charge is 0.264 e. The summed E-state index contributed by atoms with van der Waals surface area (Å²) in [6.45, 7) is 0. The molecule has 0 fully saturated rings. The van der Waals surface area contributed by atoms with Gasteiger partial charge in [0.2, 0.25) is 10.0 Å². The van der Waals surface area contributed by atoms with Gasteiger partial charge in [0.05, 0.1) is 12.3 Å². The molecule has 0 aromatic heterocycles. The molecule has 0 heterocycles. The molecule has 0 saturated heterocycles. The van der Waals surface area contributed by atoms with E-state index in [4.69, 9.17) is 11.1 Å². The van der Waals surface area contributed by atoms with E-state index in [1.54, 1.807) is 0 Å². The lowest BCUT2D eigenvalue weighted by Gasteiger charge is -2.10. The Balaban J connectivity index is 4.42. The van der Waals surface area contributed by atoms with Crippen molar-refractivity contribution in [1.82, 2.24) is 4.41 Å². The number of carbonyl (C=O) groups is 1. The third-order valence-corrected chi connectivity index (χ3v) is 1.75. The Kier molecular flexibility index (Phi) is 2.98. The van der Waals surface area contributed by atoms with Crippen LogP contribution in [0.15, 0.2) is 0 Å². The predicted molar refractivity (Wildman–Crippen MR) is 36.1 cm³/mol. The van der Waals surface area contributed by atoms with Crippen LogP contribution in [-0.4, -0.2) is 25.0 Å². The van der Waals surface area contributed by atoms with Gasteiger partial charge in [-0.1, -0.05) is 0 Å². The molecular formula is C4H7N3O3S. The highest BCUT2D eigenvalue weighted by Gasteiger charge is 2.17. The van der Waals surface area contributed by atoms with Crippen molar-refractivity contribution in [2.75, 3.05) is 6.26 Å². The number of hydrogen-bond acceptors (Lipinski definition) is 5. The van der Waals surface area contributed by atoms with Crippen molar-refractivity contribution in [1.29, 1.82) is 5.26 Å². The molecule has 2 N–H and O–H groups in total. The summed E-state index contributed by atoms with van der Waals surface area (Å²) in [6, 6.07) is 1.48. The van der Waals surface area contributed by atoms with Gasteiger partial charge in [0.15, 0.2) is 0 Å². The lowest BCUT2D eigenvalue weighted by atomic mass is 10.5. The number of amides is 1. The number of sulfonamides is 1. The third kappa shape index (κ3) is 2.97. The molecule has 0 radical (unpaired) electrons. The number of rotatable bonds is 2. The predicted octanol–water partition coefficient (Wildman–Crippen LogP) is -1.44. The molecule has 0 bridgehead atoms. The number of nitrogens with two attached hydrogens (primary N) is 1. The summed E-state index contributed by atoms with van der Waals surface area (Å²) in [4.78, 5) is 10.6. The standard InChI is InChI=1S/C4H7N3O3S/c1-11(9,10)7(6)4(8)2-3-5/h2,6H2,1H3. The van der Waals surface area contributed by atoms with Crippen LogP contribution >= 0.6 is 0 Å². The van der Waals surface area contributed by atoms with Crippen LogP contribution in [0.1, 0.15) is 6.42 Å². The maximum atomic E-state index is 10.6. The molecule has 7 heteroatoms. The number of hydrogen-bond donors (Lipinski definition) is 1. The van der Waals surface area contributed by atoms with Gasteiger partial charge < -0.3 is 0 Å². The van der Waals surface area contributed by atoms with Crippen LogP contribution in [-0.2, 0) is 14.8 Å². The van der Waals surface area contributed by atoms with Crippen LogP contribution in [0.2, 0.25) is 0 Å². The van der Waals surface area contributed by atoms with E-state index in [1.165, 1.54) is 6.07 Å². The normalized spacial score (nSPS) is 10.3. The molecule has 62 valence electrons. The molecule has 0 unspecified atom stereocenters. The SMILES string of the molecule is CS(=O)(=O)N(N)C(=O)CC#N. The summed E-state index contributed by atoms with van der Waals surface area (Å²) < 4.78 is 21.1. The van der Waals surface area contributed by atoms with Crippen LogP contribution in [0.5, 0.6) is 0 Å². The quantitative estimate of drug-likeness (QED) is 0.316. The van der Waals surface area contributed by atoms with E-state index in [0.29, 0.717) is 0 Å². The topological polar surface area (TPSA) is 104 Å². The minimum Gasteiger partial charge on any atom is -0.271 e. The second-order valence-corrected chi connectivity index (χ2v) is 3.65. The molecule has 0 saturated carbocycles. The Morgan fingerprint density at radius 3 is 2.45 bits per heavy atom. The Morgan fingerprint density at radius 1 is 1.73 bits per heavy atom. The second kappa shape index (κ2) is 3.32. The summed E-state index contributed by atoms with van der Waals surface area (Å²) in [6.07, 6.45) is 0.242. The van der Waals surface area contributed by atoms with Crippen LogP contribution in [0.4, 0.5) is 0 Å². The van der Waals surface area contributed by atoms with E-state index in [1.807, 2.05) is 0 Å². The first-order chi connectivity index (χ1) is 4.89. The van der Waals surface area contributed by atoms with Gasteiger partial charge in [-0.15, -0.1) is 0 Å². The van der Waals surface area contributed by atoms with E-state index < -0.39 is 22.4 Å². The van der Waals surface area contributed by atoms with Crippen LogP contribution in [0.25, 0.3) is 0 Å². The van der Waals surface area contributed by atoms with E-state index in [0.717, 1.165) is 6.26 Å². The van der Waals surface area contributed by atoms with Gasteiger partial charge in [0, 0.05) is 0 Å². The second-order valence-electron chi connectivity index (χ2n) is 1.79. The molecule has 0 aliphatic carbocycles. The summed E-state index contributed by atoms with van der Waals surface area (Å²) in [5.41, 5.74) is 0. The van der Waals surface area contributed by atoms with Crippen LogP contribution in [0, 0.1) is 11.3 Å². The van der Waals surface area contributed by atoms with Crippen molar-refractivity contribution >= 4 is 15.9 Å². The first kappa shape index (κ1) is 9.87. The van der Waals surface area contributed by atoms with Gasteiger partial charge in [-0.25, -0.2) is 14.3 Å². The summed E-state index contributed by atoms with van der Waals surface area (Å²) in [5.74, 6) is 3.89. The monoisotopic (exact) mass is 177 g/mol. The molecular weight excluding hydrogens is 170 g/mol. The highest BCUT2D eigenvalue weighted by atomic mass is 32.2. The van der Waals surface area contributed by atoms with Gasteiger partial charge in [0.1, 0.15) is 6.42 Å².